The van der Waals surface area contributed by atoms with Crippen molar-refractivity contribution in [1.29, 1.82) is 0 Å². The summed E-state index contributed by atoms with van der Waals surface area (Å²) in [4.78, 5) is 6.67. The van der Waals surface area contributed by atoms with Crippen LogP contribution in [0.1, 0.15) is 32.3 Å². The van der Waals surface area contributed by atoms with Gasteiger partial charge in [-0.3, -0.25) is 4.99 Å². The number of rotatable bonds is 4. The minimum absolute atomic E-state index is 0. The van der Waals surface area contributed by atoms with Gasteiger partial charge >= 0.3 is 0 Å². The van der Waals surface area contributed by atoms with Crippen LogP contribution in [0.2, 0.25) is 0 Å². The molecule has 1 aromatic rings. The van der Waals surface area contributed by atoms with Crippen LogP contribution in [0.15, 0.2) is 33.7 Å². The molecule has 2 N–H and O–H groups in total. The summed E-state index contributed by atoms with van der Waals surface area (Å²) in [6.45, 7) is 5.08. The number of hydrogen-bond donors (Lipinski definition) is 1. The highest BCUT2D eigenvalue weighted by molar-refractivity contribution is 14.0. The van der Waals surface area contributed by atoms with Gasteiger partial charge in [-0.1, -0.05) is 48.0 Å². The topological polar surface area (TPSA) is 41.6 Å². The zero-order chi connectivity index (χ0) is 14.0. The third kappa shape index (κ3) is 4.35. The molecule has 0 aliphatic heterocycles. The quantitative estimate of drug-likeness (QED) is 0.430. The van der Waals surface area contributed by atoms with Crippen LogP contribution >= 0.6 is 39.9 Å². The maximum Gasteiger partial charge on any atom is 0.191 e. The minimum atomic E-state index is -0.0326. The highest BCUT2D eigenvalue weighted by atomic mass is 127. The molecule has 0 unspecified atom stereocenters. The molecule has 0 spiro atoms. The summed E-state index contributed by atoms with van der Waals surface area (Å²) in [5.41, 5.74) is 7.28. The van der Waals surface area contributed by atoms with Gasteiger partial charge in [-0.25, -0.2) is 0 Å². The number of hydrogen-bond acceptors (Lipinski definition) is 1. The average Bonchev–Trinajstić information content (AvgIpc) is 3.19. The van der Waals surface area contributed by atoms with Gasteiger partial charge in [-0.15, -0.1) is 24.0 Å². The molecular formula is C15H23BrIN3. The van der Waals surface area contributed by atoms with E-state index in [9.17, 15) is 0 Å². The van der Waals surface area contributed by atoms with E-state index in [1.165, 1.54) is 18.4 Å². The van der Waals surface area contributed by atoms with E-state index in [1.807, 2.05) is 13.1 Å². The Morgan fingerprint density at radius 3 is 2.55 bits per heavy atom. The van der Waals surface area contributed by atoms with Gasteiger partial charge in [0.1, 0.15) is 0 Å². The summed E-state index contributed by atoms with van der Waals surface area (Å²) in [5, 5.41) is 0. The van der Waals surface area contributed by atoms with Crippen molar-refractivity contribution in [3.05, 3.63) is 34.3 Å². The first-order chi connectivity index (χ1) is 8.92. The molecule has 0 bridgehead atoms. The van der Waals surface area contributed by atoms with Crippen molar-refractivity contribution in [2.45, 2.75) is 38.1 Å². The second kappa shape index (κ2) is 7.11. The molecule has 0 aromatic heterocycles. The molecule has 2 rings (SSSR count). The van der Waals surface area contributed by atoms with Crippen LogP contribution in [0.5, 0.6) is 0 Å². The fourth-order valence-corrected chi connectivity index (χ4v) is 2.96. The maximum absolute atomic E-state index is 6.05. The Morgan fingerprint density at radius 2 is 2.00 bits per heavy atom. The van der Waals surface area contributed by atoms with Crippen molar-refractivity contribution < 1.29 is 0 Å². The molecular weight excluding hydrogens is 429 g/mol. The maximum atomic E-state index is 6.05. The van der Waals surface area contributed by atoms with Crippen LogP contribution in [-0.2, 0) is 5.41 Å². The second-order valence-corrected chi connectivity index (χ2v) is 6.73. The van der Waals surface area contributed by atoms with Crippen molar-refractivity contribution in [2.24, 2.45) is 10.7 Å². The number of aliphatic imine (C=N–C) groups is 1. The summed E-state index contributed by atoms with van der Waals surface area (Å²) in [7, 11) is 2.03. The monoisotopic (exact) mass is 451 g/mol. The molecule has 0 atom stereocenters. The number of guanidine groups is 1. The predicted octanol–water partition coefficient (Wildman–Crippen LogP) is 3.75. The van der Waals surface area contributed by atoms with Gasteiger partial charge in [0.05, 0.1) is 6.54 Å². The van der Waals surface area contributed by atoms with E-state index in [1.54, 1.807) is 0 Å². The van der Waals surface area contributed by atoms with E-state index in [4.69, 9.17) is 5.73 Å². The fraction of sp³-hybridized carbons (Fsp3) is 0.533. The second-order valence-electron chi connectivity index (χ2n) is 5.88. The molecule has 0 amide bonds. The minimum Gasteiger partial charge on any atom is -0.370 e. The van der Waals surface area contributed by atoms with Crippen LogP contribution < -0.4 is 5.73 Å². The van der Waals surface area contributed by atoms with E-state index in [0.29, 0.717) is 18.5 Å². The Labute approximate surface area is 147 Å². The van der Waals surface area contributed by atoms with Crippen LogP contribution in [0.25, 0.3) is 0 Å². The highest BCUT2D eigenvalue weighted by Gasteiger charge is 2.28. The lowest BCUT2D eigenvalue weighted by Gasteiger charge is -2.26. The zero-order valence-corrected chi connectivity index (χ0v) is 16.2. The zero-order valence-electron chi connectivity index (χ0n) is 12.3. The Morgan fingerprint density at radius 1 is 1.40 bits per heavy atom. The SMILES string of the molecule is CN(C(N)=NCC(C)(C)c1ccccc1Br)C1CC1.I. The molecule has 20 heavy (non-hydrogen) atoms. The molecule has 0 radical (unpaired) electrons. The average molecular weight is 452 g/mol. The predicted molar refractivity (Wildman–Crippen MR) is 99.9 cm³/mol. The summed E-state index contributed by atoms with van der Waals surface area (Å²) < 4.78 is 1.13. The molecule has 1 aliphatic carbocycles. The summed E-state index contributed by atoms with van der Waals surface area (Å²) >= 11 is 3.61. The van der Waals surface area contributed by atoms with Gasteiger partial charge in [0, 0.05) is 23.0 Å². The van der Waals surface area contributed by atoms with Crippen molar-refractivity contribution >= 4 is 45.9 Å². The number of benzene rings is 1. The lowest BCUT2D eigenvalue weighted by Crippen LogP contribution is -2.37. The number of halogens is 2. The van der Waals surface area contributed by atoms with Gasteiger partial charge in [0.2, 0.25) is 0 Å². The molecule has 0 heterocycles. The van der Waals surface area contributed by atoms with E-state index >= 15 is 0 Å². The lowest BCUT2D eigenvalue weighted by molar-refractivity contribution is 0.476. The third-order valence-electron chi connectivity index (χ3n) is 3.70. The Bertz CT molecular complexity index is 484. The van der Waals surface area contributed by atoms with Crippen molar-refractivity contribution in [1.82, 2.24) is 4.90 Å². The van der Waals surface area contributed by atoms with Gasteiger partial charge in [0.25, 0.3) is 0 Å². The van der Waals surface area contributed by atoms with Crippen LogP contribution in [0.4, 0.5) is 0 Å². The van der Waals surface area contributed by atoms with Crippen molar-refractivity contribution in [3.8, 4) is 0 Å². The summed E-state index contributed by atoms with van der Waals surface area (Å²) in [6, 6.07) is 8.91. The van der Waals surface area contributed by atoms with E-state index < -0.39 is 0 Å². The fourth-order valence-electron chi connectivity index (χ4n) is 2.13. The Balaban J connectivity index is 0.00000200. The molecule has 3 nitrogen and oxygen atoms in total. The Kier molecular flexibility index (Phi) is 6.31. The van der Waals surface area contributed by atoms with E-state index in [-0.39, 0.29) is 29.4 Å². The van der Waals surface area contributed by atoms with Gasteiger partial charge in [0.15, 0.2) is 5.96 Å². The molecule has 112 valence electrons. The standard InChI is InChI=1S/C15H22BrN3.HI/c1-15(2,12-6-4-5-7-13(12)16)10-18-14(17)19(3)11-8-9-11;/h4-7,11H,8-10H2,1-3H3,(H2,17,18);1H. The number of nitrogens with two attached hydrogens (primary N) is 1. The molecule has 0 saturated heterocycles. The van der Waals surface area contributed by atoms with Crippen LogP contribution in [0, 0.1) is 0 Å². The first-order valence-electron chi connectivity index (χ1n) is 6.69. The van der Waals surface area contributed by atoms with Crippen molar-refractivity contribution in [3.63, 3.8) is 0 Å². The largest absolute Gasteiger partial charge is 0.370 e. The van der Waals surface area contributed by atoms with E-state index in [0.717, 1.165) is 4.47 Å². The van der Waals surface area contributed by atoms with Crippen molar-refractivity contribution in [2.75, 3.05) is 13.6 Å². The summed E-state index contributed by atoms with van der Waals surface area (Å²) in [6.07, 6.45) is 2.47. The van der Waals surface area contributed by atoms with Crippen LogP contribution in [-0.4, -0.2) is 30.5 Å². The first kappa shape index (κ1) is 17.8. The smallest absolute Gasteiger partial charge is 0.191 e. The van der Waals surface area contributed by atoms with Crippen LogP contribution in [0.3, 0.4) is 0 Å². The van der Waals surface area contributed by atoms with Gasteiger partial charge in [-0.05, 0) is 24.5 Å². The summed E-state index contributed by atoms with van der Waals surface area (Å²) in [5.74, 6) is 0.655. The molecule has 1 fully saturated rings. The first-order valence-corrected chi connectivity index (χ1v) is 7.49. The van der Waals surface area contributed by atoms with Gasteiger partial charge < -0.3 is 10.6 Å². The Hall–Kier alpha value is -0.300. The normalized spacial score (nSPS) is 15.7. The highest BCUT2D eigenvalue weighted by Crippen LogP contribution is 2.30. The molecule has 5 heteroatoms. The molecule has 1 aliphatic rings. The lowest BCUT2D eigenvalue weighted by atomic mass is 9.85. The number of nitrogens with zero attached hydrogens (tertiary/aromatic N) is 2. The molecule has 1 saturated carbocycles. The third-order valence-corrected chi connectivity index (χ3v) is 4.39. The van der Waals surface area contributed by atoms with Gasteiger partial charge in [-0.2, -0.15) is 0 Å². The molecule has 1 aromatic carbocycles. The van der Waals surface area contributed by atoms with E-state index in [2.05, 4.69) is 57.9 Å².